The van der Waals surface area contributed by atoms with Gasteiger partial charge in [0.25, 0.3) is 0 Å². The van der Waals surface area contributed by atoms with Crippen molar-refractivity contribution in [2.24, 2.45) is 0 Å². The number of hydrogen-bond acceptors (Lipinski definition) is 4. The molecule has 1 atom stereocenters. The number of nitriles is 1. The van der Waals surface area contributed by atoms with Crippen molar-refractivity contribution in [3.63, 3.8) is 0 Å². The van der Waals surface area contributed by atoms with Crippen LogP contribution in [0.4, 0.5) is 5.82 Å². The molecule has 1 aliphatic carbocycles. The van der Waals surface area contributed by atoms with Gasteiger partial charge >= 0.3 is 0 Å². The van der Waals surface area contributed by atoms with Gasteiger partial charge in [-0.3, -0.25) is 0 Å². The monoisotopic (exact) mass is 483 g/mol. The molecule has 1 unspecified atom stereocenters. The summed E-state index contributed by atoms with van der Waals surface area (Å²) in [5.41, 5.74) is 3.13. The van der Waals surface area contributed by atoms with E-state index < -0.39 is 0 Å². The fraction of sp³-hybridized carbons (Fsp3) is 0.294. The molecular formula is C17H15BrIN3O. The van der Waals surface area contributed by atoms with Crippen LogP contribution in [-0.4, -0.2) is 12.1 Å². The lowest BCUT2D eigenvalue weighted by Gasteiger charge is -2.28. The third kappa shape index (κ3) is 3.31. The number of hydrogen-bond donors (Lipinski definition) is 1. The summed E-state index contributed by atoms with van der Waals surface area (Å²) in [4.78, 5) is 4.48. The first-order valence-electron chi connectivity index (χ1n) is 7.32. The van der Waals surface area contributed by atoms with E-state index in [2.05, 4.69) is 73.1 Å². The van der Waals surface area contributed by atoms with E-state index in [1.165, 1.54) is 22.7 Å². The van der Waals surface area contributed by atoms with E-state index in [4.69, 9.17) is 10.00 Å². The first-order valence-corrected chi connectivity index (χ1v) is 9.19. The highest BCUT2D eigenvalue weighted by Crippen LogP contribution is 2.37. The summed E-state index contributed by atoms with van der Waals surface area (Å²) >= 11 is 5.85. The van der Waals surface area contributed by atoms with Crippen LogP contribution in [-0.2, 0) is 6.42 Å². The zero-order chi connectivity index (χ0) is 16.4. The van der Waals surface area contributed by atoms with Crippen molar-refractivity contribution >= 4 is 44.3 Å². The second-order valence-electron chi connectivity index (χ2n) is 5.38. The number of halogens is 2. The summed E-state index contributed by atoms with van der Waals surface area (Å²) in [6, 6.07) is 10.5. The van der Waals surface area contributed by atoms with Crippen molar-refractivity contribution in [1.29, 1.82) is 5.26 Å². The van der Waals surface area contributed by atoms with Crippen molar-refractivity contribution in [2.75, 3.05) is 12.4 Å². The van der Waals surface area contributed by atoms with E-state index in [9.17, 15) is 0 Å². The molecule has 0 fully saturated rings. The second kappa shape index (κ2) is 7.05. The Balaban J connectivity index is 1.95. The van der Waals surface area contributed by atoms with Crippen LogP contribution in [0.2, 0.25) is 0 Å². The van der Waals surface area contributed by atoms with Gasteiger partial charge in [0.2, 0.25) is 5.88 Å². The van der Waals surface area contributed by atoms with Crippen LogP contribution < -0.4 is 10.1 Å². The van der Waals surface area contributed by atoms with Crippen molar-refractivity contribution < 1.29 is 4.74 Å². The number of aromatic nitrogens is 1. The van der Waals surface area contributed by atoms with Crippen molar-refractivity contribution in [1.82, 2.24) is 4.98 Å². The summed E-state index contributed by atoms with van der Waals surface area (Å²) in [5.74, 6) is 1.12. The SMILES string of the molecule is COc1nc(NC2CCCc3c(Br)cccc32)c(I)cc1C#N. The lowest BCUT2D eigenvalue weighted by molar-refractivity contribution is 0.396. The summed E-state index contributed by atoms with van der Waals surface area (Å²) < 4.78 is 7.31. The molecule has 0 saturated heterocycles. The molecule has 1 aromatic heterocycles. The van der Waals surface area contributed by atoms with E-state index in [0.29, 0.717) is 11.4 Å². The Labute approximate surface area is 157 Å². The molecule has 118 valence electrons. The normalized spacial score (nSPS) is 16.3. The number of methoxy groups -OCH3 is 1. The maximum Gasteiger partial charge on any atom is 0.233 e. The second-order valence-corrected chi connectivity index (χ2v) is 7.40. The zero-order valence-corrected chi connectivity index (χ0v) is 16.3. The highest BCUT2D eigenvalue weighted by molar-refractivity contribution is 14.1. The van der Waals surface area contributed by atoms with Gasteiger partial charge in [-0.15, -0.1) is 0 Å². The van der Waals surface area contributed by atoms with Gasteiger partial charge in [0.05, 0.1) is 16.7 Å². The molecule has 0 radical (unpaired) electrons. The van der Waals surface area contributed by atoms with E-state index in [1.54, 1.807) is 6.07 Å². The minimum atomic E-state index is 0.218. The zero-order valence-electron chi connectivity index (χ0n) is 12.6. The highest BCUT2D eigenvalue weighted by Gasteiger charge is 2.23. The number of pyridine rings is 1. The van der Waals surface area contributed by atoms with Gasteiger partial charge in [0.1, 0.15) is 17.5 Å². The summed E-state index contributed by atoms with van der Waals surface area (Å²) in [6.45, 7) is 0. The molecule has 0 spiro atoms. The van der Waals surface area contributed by atoms with Crippen LogP contribution in [0.15, 0.2) is 28.7 Å². The number of fused-ring (bicyclic) bond motifs is 1. The van der Waals surface area contributed by atoms with Crippen LogP contribution in [0.5, 0.6) is 5.88 Å². The molecule has 1 N–H and O–H groups in total. The fourth-order valence-electron chi connectivity index (χ4n) is 2.93. The Hall–Kier alpha value is -1.33. The molecule has 0 bridgehead atoms. The molecule has 1 heterocycles. The van der Waals surface area contributed by atoms with Crippen molar-refractivity contribution in [2.45, 2.75) is 25.3 Å². The predicted octanol–water partition coefficient (Wildman–Crippen LogP) is 4.82. The van der Waals surface area contributed by atoms with Gasteiger partial charge in [-0.1, -0.05) is 28.1 Å². The third-order valence-electron chi connectivity index (χ3n) is 4.02. The Kier molecular flexibility index (Phi) is 5.07. The lowest BCUT2D eigenvalue weighted by Crippen LogP contribution is -2.19. The summed E-state index contributed by atoms with van der Waals surface area (Å²) in [7, 11) is 1.53. The molecule has 0 saturated carbocycles. The van der Waals surface area contributed by atoms with Gasteiger partial charge in [-0.25, -0.2) is 0 Å². The molecule has 3 rings (SSSR count). The summed E-state index contributed by atoms with van der Waals surface area (Å²) in [6.07, 6.45) is 3.29. The average Bonchev–Trinajstić information content (AvgIpc) is 2.57. The number of anilines is 1. The quantitative estimate of drug-likeness (QED) is 0.636. The van der Waals surface area contributed by atoms with Crippen LogP contribution in [0.25, 0.3) is 0 Å². The minimum absolute atomic E-state index is 0.218. The van der Waals surface area contributed by atoms with Crippen LogP contribution >= 0.6 is 38.5 Å². The average molecular weight is 484 g/mol. The molecule has 0 amide bonds. The van der Waals surface area contributed by atoms with Crippen LogP contribution in [0, 0.1) is 14.9 Å². The number of ether oxygens (including phenoxy) is 1. The smallest absolute Gasteiger partial charge is 0.233 e. The van der Waals surface area contributed by atoms with Gasteiger partial charge in [0.15, 0.2) is 0 Å². The van der Waals surface area contributed by atoms with Gasteiger partial charge in [0, 0.05) is 4.47 Å². The molecule has 23 heavy (non-hydrogen) atoms. The Morgan fingerprint density at radius 3 is 3.04 bits per heavy atom. The van der Waals surface area contributed by atoms with Crippen molar-refractivity contribution in [3.05, 3.63) is 49.0 Å². The molecule has 6 heteroatoms. The van der Waals surface area contributed by atoms with Gasteiger partial charge in [-0.2, -0.15) is 10.2 Å². The maximum absolute atomic E-state index is 9.15. The van der Waals surface area contributed by atoms with E-state index >= 15 is 0 Å². The van der Waals surface area contributed by atoms with Crippen LogP contribution in [0.3, 0.4) is 0 Å². The highest BCUT2D eigenvalue weighted by atomic mass is 127. The predicted molar refractivity (Wildman–Crippen MR) is 102 cm³/mol. The van der Waals surface area contributed by atoms with Crippen molar-refractivity contribution in [3.8, 4) is 11.9 Å². The van der Waals surface area contributed by atoms with E-state index in [-0.39, 0.29) is 6.04 Å². The Morgan fingerprint density at radius 2 is 2.30 bits per heavy atom. The van der Waals surface area contributed by atoms with E-state index in [0.717, 1.165) is 28.7 Å². The van der Waals surface area contributed by atoms with Gasteiger partial charge < -0.3 is 10.1 Å². The van der Waals surface area contributed by atoms with Gasteiger partial charge in [-0.05, 0) is 65.1 Å². The standard InChI is InChI=1S/C17H15BrIN3O/c1-23-17-10(9-20)8-14(19)16(22-17)21-15-7-3-4-11-12(15)5-2-6-13(11)18/h2,5-6,8,15H,3-4,7H2,1H3,(H,21,22). The molecule has 1 aromatic carbocycles. The Bertz CT molecular complexity index is 788. The molecule has 2 aromatic rings. The largest absolute Gasteiger partial charge is 0.480 e. The number of rotatable bonds is 3. The fourth-order valence-corrected chi connectivity index (χ4v) is 4.10. The van der Waals surface area contributed by atoms with Crippen LogP contribution in [0.1, 0.15) is 35.6 Å². The summed E-state index contributed by atoms with van der Waals surface area (Å²) in [5, 5.41) is 12.7. The number of nitrogens with one attached hydrogen (secondary N) is 1. The first kappa shape index (κ1) is 16.5. The molecule has 1 aliphatic rings. The number of benzene rings is 1. The Morgan fingerprint density at radius 1 is 1.48 bits per heavy atom. The number of nitrogens with zero attached hydrogens (tertiary/aromatic N) is 2. The minimum Gasteiger partial charge on any atom is -0.480 e. The molecular weight excluding hydrogens is 469 g/mol. The maximum atomic E-state index is 9.15. The first-order chi connectivity index (χ1) is 11.1. The molecule has 4 nitrogen and oxygen atoms in total. The molecule has 0 aliphatic heterocycles. The van der Waals surface area contributed by atoms with E-state index in [1.807, 2.05) is 0 Å². The topological polar surface area (TPSA) is 57.9 Å². The lowest BCUT2D eigenvalue weighted by atomic mass is 9.88. The third-order valence-corrected chi connectivity index (χ3v) is 5.58.